The first-order chi connectivity index (χ1) is 13.6. The van der Waals surface area contributed by atoms with E-state index in [4.69, 9.17) is 4.74 Å². The highest BCUT2D eigenvalue weighted by molar-refractivity contribution is 5.69. The molecule has 5 heteroatoms. The van der Waals surface area contributed by atoms with Gasteiger partial charge in [0.25, 0.3) is 0 Å². The summed E-state index contributed by atoms with van der Waals surface area (Å²) >= 11 is 0. The predicted octanol–water partition coefficient (Wildman–Crippen LogP) is 2.10. The number of aromatic nitrogens is 1. The molecule has 0 spiro atoms. The number of carbonyl (C=O) groups excluding carboxylic acids is 1. The number of hydrogen-bond acceptors (Lipinski definition) is 3. The average molecular weight is 386 g/mol. The number of quaternary nitrogens is 1. The molecule has 0 saturated heterocycles. The van der Waals surface area contributed by atoms with E-state index in [0.717, 1.165) is 19.5 Å². The van der Waals surface area contributed by atoms with Gasteiger partial charge in [0, 0.05) is 32.0 Å². The molecule has 0 amide bonds. The molecule has 1 aromatic carbocycles. The molecule has 5 nitrogen and oxygen atoms in total. The lowest BCUT2D eigenvalue weighted by atomic mass is 10.1. The van der Waals surface area contributed by atoms with Crippen LogP contribution in [0.2, 0.25) is 0 Å². The first kappa shape index (κ1) is 20.6. The molecular formula is C23H33N2O3+. The number of esters is 1. The van der Waals surface area contributed by atoms with Crippen LogP contribution in [0.1, 0.15) is 49.4 Å². The second kappa shape index (κ2) is 9.89. The SMILES string of the molecule is CCCC(=O)OC[C@@H](O)C[NH+](Cc1cccn1Cc1ccccc1C)C1CC1. The van der Waals surface area contributed by atoms with Crippen LogP contribution in [-0.4, -0.2) is 40.9 Å². The summed E-state index contributed by atoms with van der Waals surface area (Å²) in [6, 6.07) is 13.4. The first-order valence-corrected chi connectivity index (χ1v) is 10.4. The molecule has 1 heterocycles. The molecule has 1 saturated carbocycles. The highest BCUT2D eigenvalue weighted by Gasteiger charge is 2.35. The van der Waals surface area contributed by atoms with E-state index in [2.05, 4.69) is 54.1 Å². The lowest BCUT2D eigenvalue weighted by Crippen LogP contribution is -3.13. The van der Waals surface area contributed by atoms with Gasteiger partial charge in [-0.25, -0.2) is 0 Å². The number of aryl methyl sites for hydroxylation is 1. The van der Waals surface area contributed by atoms with Crippen LogP contribution >= 0.6 is 0 Å². The van der Waals surface area contributed by atoms with Gasteiger partial charge in [-0.15, -0.1) is 0 Å². The van der Waals surface area contributed by atoms with E-state index in [1.807, 2.05) is 6.92 Å². The number of aliphatic hydroxyl groups is 1. The fourth-order valence-corrected chi connectivity index (χ4v) is 3.67. The van der Waals surface area contributed by atoms with E-state index in [-0.39, 0.29) is 12.6 Å². The first-order valence-electron chi connectivity index (χ1n) is 10.4. The minimum absolute atomic E-state index is 0.0965. The minimum atomic E-state index is -0.615. The number of aliphatic hydroxyl groups excluding tert-OH is 1. The van der Waals surface area contributed by atoms with Crippen molar-refractivity contribution in [2.45, 2.75) is 64.8 Å². The smallest absolute Gasteiger partial charge is 0.305 e. The fourth-order valence-electron chi connectivity index (χ4n) is 3.67. The van der Waals surface area contributed by atoms with Crippen molar-refractivity contribution < 1.29 is 19.5 Å². The summed E-state index contributed by atoms with van der Waals surface area (Å²) in [6.07, 6.45) is 5.11. The molecule has 0 bridgehead atoms. The Kier molecular flexibility index (Phi) is 7.29. The molecule has 0 aliphatic heterocycles. The molecule has 1 fully saturated rings. The number of benzene rings is 1. The van der Waals surface area contributed by atoms with Crippen LogP contribution < -0.4 is 4.90 Å². The van der Waals surface area contributed by atoms with Gasteiger partial charge in [0.1, 0.15) is 25.8 Å². The molecule has 3 rings (SSSR count). The highest BCUT2D eigenvalue weighted by atomic mass is 16.5. The molecular weight excluding hydrogens is 352 g/mol. The fraction of sp³-hybridized carbons (Fsp3) is 0.522. The number of hydrogen-bond donors (Lipinski definition) is 2. The van der Waals surface area contributed by atoms with Crippen LogP contribution in [0.15, 0.2) is 42.6 Å². The normalized spacial score (nSPS) is 16.0. The topological polar surface area (TPSA) is 55.9 Å². The van der Waals surface area contributed by atoms with Crippen LogP contribution in [0.5, 0.6) is 0 Å². The van der Waals surface area contributed by atoms with Gasteiger partial charge in [0.15, 0.2) is 0 Å². The van der Waals surface area contributed by atoms with Crippen LogP contribution in [0.25, 0.3) is 0 Å². The monoisotopic (exact) mass is 385 g/mol. The summed E-state index contributed by atoms with van der Waals surface area (Å²) in [5, 5.41) is 10.4. The summed E-state index contributed by atoms with van der Waals surface area (Å²) in [6.45, 7) is 6.55. The van der Waals surface area contributed by atoms with Crippen molar-refractivity contribution in [3.05, 3.63) is 59.4 Å². The molecule has 1 aliphatic rings. The summed E-state index contributed by atoms with van der Waals surface area (Å²) in [5.41, 5.74) is 3.91. The van der Waals surface area contributed by atoms with Crippen molar-refractivity contribution in [2.75, 3.05) is 13.2 Å². The number of rotatable bonds is 11. The second-order valence-corrected chi connectivity index (χ2v) is 7.95. The average Bonchev–Trinajstić information content (AvgIpc) is 3.43. The second-order valence-electron chi connectivity index (χ2n) is 7.95. The number of carbonyl (C=O) groups is 1. The van der Waals surface area contributed by atoms with Crippen molar-refractivity contribution in [1.82, 2.24) is 4.57 Å². The third-order valence-corrected chi connectivity index (χ3v) is 5.48. The zero-order valence-corrected chi connectivity index (χ0v) is 17.1. The molecule has 28 heavy (non-hydrogen) atoms. The van der Waals surface area contributed by atoms with Gasteiger partial charge in [-0.2, -0.15) is 0 Å². The van der Waals surface area contributed by atoms with Crippen molar-refractivity contribution in [2.24, 2.45) is 0 Å². The maximum atomic E-state index is 11.5. The van der Waals surface area contributed by atoms with Gasteiger partial charge in [0.2, 0.25) is 0 Å². The van der Waals surface area contributed by atoms with Crippen molar-refractivity contribution >= 4 is 5.97 Å². The van der Waals surface area contributed by atoms with Crippen LogP contribution in [-0.2, 0) is 22.6 Å². The minimum Gasteiger partial charge on any atom is -0.463 e. The molecule has 2 atom stereocenters. The van der Waals surface area contributed by atoms with E-state index in [0.29, 0.717) is 19.0 Å². The van der Waals surface area contributed by atoms with Crippen LogP contribution in [0.4, 0.5) is 0 Å². The zero-order chi connectivity index (χ0) is 19.9. The van der Waals surface area contributed by atoms with E-state index < -0.39 is 6.10 Å². The largest absolute Gasteiger partial charge is 0.463 e. The summed E-state index contributed by atoms with van der Waals surface area (Å²) < 4.78 is 7.49. The maximum Gasteiger partial charge on any atom is 0.305 e. The highest BCUT2D eigenvalue weighted by Crippen LogP contribution is 2.17. The van der Waals surface area contributed by atoms with Crippen LogP contribution in [0, 0.1) is 6.92 Å². The number of nitrogens with zero attached hydrogens (tertiary/aromatic N) is 1. The lowest BCUT2D eigenvalue weighted by molar-refractivity contribution is -0.928. The Morgan fingerprint density at radius 1 is 1.29 bits per heavy atom. The van der Waals surface area contributed by atoms with Gasteiger partial charge >= 0.3 is 5.97 Å². The third kappa shape index (κ3) is 5.94. The molecule has 1 aromatic heterocycles. The van der Waals surface area contributed by atoms with Crippen molar-refractivity contribution in [1.29, 1.82) is 0 Å². The van der Waals surface area contributed by atoms with Gasteiger partial charge in [-0.05, 0) is 36.6 Å². The van der Waals surface area contributed by atoms with Gasteiger partial charge < -0.3 is 19.3 Å². The third-order valence-electron chi connectivity index (χ3n) is 5.48. The van der Waals surface area contributed by atoms with Crippen molar-refractivity contribution in [3.8, 4) is 0 Å². The lowest BCUT2D eigenvalue weighted by Gasteiger charge is -2.23. The summed E-state index contributed by atoms with van der Waals surface area (Å²) in [5.74, 6) is -0.221. The number of ether oxygens (including phenoxy) is 1. The van der Waals surface area contributed by atoms with Gasteiger partial charge in [-0.1, -0.05) is 31.2 Å². The summed E-state index contributed by atoms with van der Waals surface area (Å²) in [4.78, 5) is 12.9. The van der Waals surface area contributed by atoms with E-state index in [1.54, 1.807) is 0 Å². The molecule has 152 valence electrons. The van der Waals surface area contributed by atoms with Gasteiger partial charge in [-0.3, -0.25) is 4.79 Å². The Morgan fingerprint density at radius 3 is 2.79 bits per heavy atom. The molecule has 2 aromatic rings. The van der Waals surface area contributed by atoms with Crippen molar-refractivity contribution in [3.63, 3.8) is 0 Å². The predicted molar refractivity (Wildman–Crippen MR) is 109 cm³/mol. The Morgan fingerprint density at radius 2 is 2.07 bits per heavy atom. The molecule has 1 unspecified atom stereocenters. The maximum absolute atomic E-state index is 11.5. The Balaban J connectivity index is 1.59. The molecule has 2 N–H and O–H groups in total. The van der Waals surface area contributed by atoms with Gasteiger partial charge in [0.05, 0.1) is 11.7 Å². The van der Waals surface area contributed by atoms with Crippen LogP contribution in [0.3, 0.4) is 0 Å². The zero-order valence-electron chi connectivity index (χ0n) is 17.1. The van der Waals surface area contributed by atoms with E-state index >= 15 is 0 Å². The van der Waals surface area contributed by atoms with E-state index in [9.17, 15) is 9.90 Å². The summed E-state index contributed by atoms with van der Waals surface area (Å²) in [7, 11) is 0. The standard InChI is InChI=1S/C23H32N2O3/c1-3-7-23(27)28-17-22(26)16-25(20-11-12-20)15-21-10-6-13-24(21)14-19-9-5-4-8-18(19)2/h4-6,8-10,13,20,22,26H,3,7,11-12,14-17H2,1-2H3/p+1/t22-/m0/s1. The Bertz CT molecular complexity index is 767. The van der Waals surface area contributed by atoms with E-state index in [1.165, 1.54) is 34.6 Å². The molecule has 1 aliphatic carbocycles. The number of nitrogens with one attached hydrogen (secondary N) is 1. The Labute approximate surface area is 167 Å². The molecule has 0 radical (unpaired) electrons. The Hall–Kier alpha value is -2.11. The quantitative estimate of drug-likeness (QED) is 0.583.